The molecular formula is C18H25N2O4PS. The number of hydrogen-bond donors (Lipinski definition) is 0. The molecule has 0 saturated heterocycles. The molecule has 0 N–H and O–H groups in total. The van der Waals surface area contributed by atoms with Gasteiger partial charge in [0.15, 0.2) is 6.35 Å². The Balaban J connectivity index is 1.92. The van der Waals surface area contributed by atoms with E-state index in [1.807, 2.05) is 11.6 Å². The zero-order valence-electron chi connectivity index (χ0n) is 15.7. The summed E-state index contributed by atoms with van der Waals surface area (Å²) in [4.78, 5) is 7.92. The lowest BCUT2D eigenvalue weighted by atomic mass is 10.0. The fraction of sp³-hybridized carbons (Fsp3) is 0.500. The molecule has 0 unspecified atom stereocenters. The molecule has 0 radical (unpaired) electrons. The summed E-state index contributed by atoms with van der Waals surface area (Å²) in [5, 5.41) is 0. The van der Waals surface area contributed by atoms with Crippen molar-refractivity contribution < 1.29 is 18.3 Å². The van der Waals surface area contributed by atoms with Crippen LogP contribution in [0.15, 0.2) is 17.6 Å². The Hall–Kier alpha value is -1.24. The number of fused-ring (bicyclic) bond motifs is 3. The van der Waals surface area contributed by atoms with Gasteiger partial charge in [-0.1, -0.05) is 6.07 Å². The SMILES string of the molecule is CCOP(=O)(COc1ccc(CN(C)C)c2c1-c1ncsc1C2)OCC. The van der Waals surface area contributed by atoms with Gasteiger partial charge in [0.25, 0.3) is 0 Å². The molecule has 0 spiro atoms. The minimum atomic E-state index is -3.26. The molecule has 2 aromatic rings. The van der Waals surface area contributed by atoms with Crippen LogP contribution in [0.5, 0.6) is 5.75 Å². The van der Waals surface area contributed by atoms with Crippen LogP contribution in [0.25, 0.3) is 11.3 Å². The van der Waals surface area contributed by atoms with Gasteiger partial charge in [-0.25, -0.2) is 4.98 Å². The Morgan fingerprint density at radius 1 is 1.23 bits per heavy atom. The van der Waals surface area contributed by atoms with Crippen molar-refractivity contribution in [2.45, 2.75) is 26.8 Å². The summed E-state index contributed by atoms with van der Waals surface area (Å²) < 4.78 is 29.3. The van der Waals surface area contributed by atoms with Crippen LogP contribution in [0, 0.1) is 0 Å². The summed E-state index contributed by atoms with van der Waals surface area (Å²) in [7, 11) is 0.849. The van der Waals surface area contributed by atoms with Gasteiger partial charge >= 0.3 is 7.60 Å². The zero-order chi connectivity index (χ0) is 18.7. The van der Waals surface area contributed by atoms with Gasteiger partial charge in [-0.3, -0.25) is 4.57 Å². The monoisotopic (exact) mass is 396 g/mol. The molecule has 142 valence electrons. The van der Waals surface area contributed by atoms with Crippen LogP contribution in [0.1, 0.15) is 29.9 Å². The van der Waals surface area contributed by atoms with Gasteiger partial charge in [0.1, 0.15) is 5.75 Å². The van der Waals surface area contributed by atoms with Gasteiger partial charge in [0, 0.05) is 23.4 Å². The van der Waals surface area contributed by atoms with Crippen molar-refractivity contribution >= 4 is 18.9 Å². The first-order valence-corrected chi connectivity index (χ1v) is 11.3. The minimum absolute atomic E-state index is 0.104. The molecule has 1 aliphatic rings. The first kappa shape index (κ1) is 19.5. The number of aromatic nitrogens is 1. The number of thiazole rings is 1. The highest BCUT2D eigenvalue weighted by Crippen LogP contribution is 2.50. The molecule has 3 rings (SSSR count). The first-order chi connectivity index (χ1) is 12.5. The average molecular weight is 396 g/mol. The van der Waals surface area contributed by atoms with Gasteiger partial charge in [-0.15, -0.1) is 11.3 Å². The second-order valence-corrected chi connectivity index (χ2v) is 9.27. The van der Waals surface area contributed by atoms with E-state index in [1.54, 1.807) is 25.2 Å². The molecule has 0 aliphatic heterocycles. The highest BCUT2D eigenvalue weighted by atomic mass is 32.1. The highest BCUT2D eigenvalue weighted by Gasteiger charge is 2.30. The molecule has 0 saturated carbocycles. The third-order valence-corrected chi connectivity index (χ3v) is 6.68. The van der Waals surface area contributed by atoms with E-state index >= 15 is 0 Å². The molecule has 0 atom stereocenters. The second-order valence-electron chi connectivity index (χ2n) is 6.33. The fourth-order valence-corrected chi connectivity index (χ4v) is 5.24. The van der Waals surface area contributed by atoms with Crippen molar-refractivity contribution in [1.29, 1.82) is 0 Å². The number of ether oxygens (including phenoxy) is 1. The number of hydrogen-bond acceptors (Lipinski definition) is 7. The maximum atomic E-state index is 12.7. The molecule has 1 heterocycles. The Kier molecular flexibility index (Phi) is 6.15. The third kappa shape index (κ3) is 4.02. The van der Waals surface area contributed by atoms with Gasteiger partial charge in [0.05, 0.1) is 24.4 Å². The van der Waals surface area contributed by atoms with E-state index in [9.17, 15) is 4.57 Å². The average Bonchev–Trinajstić information content (AvgIpc) is 3.15. The summed E-state index contributed by atoms with van der Waals surface area (Å²) in [6.07, 6.45) is 0.762. The normalized spacial score (nSPS) is 13.1. The molecule has 1 aromatic carbocycles. The lowest BCUT2D eigenvalue weighted by Crippen LogP contribution is -2.13. The smallest absolute Gasteiger partial charge is 0.367 e. The highest BCUT2D eigenvalue weighted by molar-refractivity contribution is 7.53. The van der Waals surface area contributed by atoms with Crippen molar-refractivity contribution in [3.8, 4) is 17.0 Å². The van der Waals surface area contributed by atoms with Crippen molar-refractivity contribution in [3.05, 3.63) is 33.6 Å². The van der Waals surface area contributed by atoms with E-state index in [-0.39, 0.29) is 6.35 Å². The van der Waals surface area contributed by atoms with Crippen LogP contribution >= 0.6 is 18.9 Å². The predicted molar refractivity (Wildman–Crippen MR) is 104 cm³/mol. The standard InChI is InChI=1S/C18H25N2O4PS/c1-5-23-25(21,24-6-2)12-22-15-8-7-13(10-20(3)4)14-9-16-18(17(14)15)19-11-26-16/h7-8,11H,5-6,9-10,12H2,1-4H3. The Morgan fingerprint density at radius 2 is 1.96 bits per heavy atom. The Bertz CT molecular complexity index is 812. The van der Waals surface area contributed by atoms with Gasteiger partial charge < -0.3 is 18.7 Å². The van der Waals surface area contributed by atoms with E-state index < -0.39 is 7.60 Å². The number of rotatable bonds is 9. The van der Waals surface area contributed by atoms with Gasteiger partial charge in [-0.05, 0) is 45.1 Å². The Morgan fingerprint density at radius 3 is 2.62 bits per heavy atom. The van der Waals surface area contributed by atoms with Crippen molar-refractivity contribution in [2.24, 2.45) is 0 Å². The van der Waals surface area contributed by atoms with Gasteiger partial charge in [-0.2, -0.15) is 0 Å². The molecule has 0 amide bonds. The van der Waals surface area contributed by atoms with E-state index in [0.717, 1.165) is 24.2 Å². The van der Waals surface area contributed by atoms with Crippen LogP contribution in [-0.4, -0.2) is 43.5 Å². The summed E-state index contributed by atoms with van der Waals surface area (Å²) in [5.74, 6) is 0.687. The minimum Gasteiger partial charge on any atom is -0.480 e. The van der Waals surface area contributed by atoms with Crippen LogP contribution < -0.4 is 4.74 Å². The fourth-order valence-electron chi connectivity index (χ4n) is 3.15. The lowest BCUT2D eigenvalue weighted by Gasteiger charge is -2.20. The van der Waals surface area contributed by atoms with Crippen molar-refractivity contribution in [3.63, 3.8) is 0 Å². The van der Waals surface area contributed by atoms with E-state index in [4.69, 9.17) is 13.8 Å². The topological polar surface area (TPSA) is 60.9 Å². The van der Waals surface area contributed by atoms with Crippen molar-refractivity contribution in [1.82, 2.24) is 9.88 Å². The molecule has 1 aromatic heterocycles. The molecule has 8 heteroatoms. The molecule has 26 heavy (non-hydrogen) atoms. The quantitative estimate of drug-likeness (QED) is 0.500. The molecular weight excluding hydrogens is 371 g/mol. The summed E-state index contributed by atoms with van der Waals surface area (Å²) in [6, 6.07) is 4.02. The number of benzene rings is 1. The summed E-state index contributed by atoms with van der Waals surface area (Å²) >= 11 is 1.66. The van der Waals surface area contributed by atoms with E-state index in [0.29, 0.717) is 19.0 Å². The number of nitrogens with zero attached hydrogens (tertiary/aromatic N) is 2. The molecule has 6 nitrogen and oxygen atoms in total. The summed E-state index contributed by atoms with van der Waals surface area (Å²) in [5.41, 5.74) is 6.36. The van der Waals surface area contributed by atoms with E-state index in [1.165, 1.54) is 16.0 Å². The first-order valence-electron chi connectivity index (χ1n) is 8.70. The third-order valence-electron chi connectivity index (χ3n) is 4.10. The largest absolute Gasteiger partial charge is 0.480 e. The van der Waals surface area contributed by atoms with Crippen LogP contribution in [0.2, 0.25) is 0 Å². The molecule has 0 bridgehead atoms. The van der Waals surface area contributed by atoms with Crippen LogP contribution in [0.4, 0.5) is 0 Å². The molecule has 1 aliphatic carbocycles. The lowest BCUT2D eigenvalue weighted by molar-refractivity contribution is 0.197. The molecule has 0 fully saturated rings. The van der Waals surface area contributed by atoms with Crippen molar-refractivity contribution in [2.75, 3.05) is 33.7 Å². The predicted octanol–water partition coefficient (Wildman–Crippen LogP) is 4.38. The second kappa shape index (κ2) is 8.19. The maximum Gasteiger partial charge on any atom is 0.367 e. The zero-order valence-corrected chi connectivity index (χ0v) is 17.4. The van der Waals surface area contributed by atoms with Crippen LogP contribution in [0.3, 0.4) is 0 Å². The maximum absolute atomic E-state index is 12.7. The summed E-state index contributed by atoms with van der Waals surface area (Å²) in [6.45, 7) is 5.07. The van der Waals surface area contributed by atoms with E-state index in [2.05, 4.69) is 30.0 Å². The van der Waals surface area contributed by atoms with Gasteiger partial charge in [0.2, 0.25) is 0 Å². The Labute approximate surface area is 158 Å². The van der Waals surface area contributed by atoms with Crippen LogP contribution in [-0.2, 0) is 26.6 Å².